The summed E-state index contributed by atoms with van der Waals surface area (Å²) in [5.41, 5.74) is 9.92. The molecule has 1 aromatic carbocycles. The molecule has 4 nitrogen and oxygen atoms in total. The van der Waals surface area contributed by atoms with Crippen LogP contribution in [-0.4, -0.2) is 10.2 Å². The number of aryl methyl sites for hydroxylation is 2. The van der Waals surface area contributed by atoms with Crippen LogP contribution in [0.5, 0.6) is 5.75 Å². The van der Waals surface area contributed by atoms with Crippen molar-refractivity contribution in [2.45, 2.75) is 39.8 Å². The van der Waals surface area contributed by atoms with Gasteiger partial charge in [-0.15, -0.1) is 0 Å². The van der Waals surface area contributed by atoms with Crippen LogP contribution in [0.3, 0.4) is 0 Å². The lowest BCUT2D eigenvalue weighted by atomic mass is 10.1. The number of aromatic nitrogens is 2. The zero-order valence-corrected chi connectivity index (χ0v) is 11.7. The van der Waals surface area contributed by atoms with E-state index in [-0.39, 0.29) is 6.10 Å². The second-order valence-electron chi connectivity index (χ2n) is 4.70. The monoisotopic (exact) mass is 259 g/mol. The van der Waals surface area contributed by atoms with Gasteiger partial charge in [-0.25, -0.2) is 0 Å². The number of H-pyrrole nitrogens is 1. The average Bonchev–Trinajstić information content (AvgIpc) is 2.79. The lowest BCUT2D eigenvalue weighted by Gasteiger charge is -2.18. The number of nitrogens with one attached hydrogen (secondary N) is 1. The highest BCUT2D eigenvalue weighted by atomic mass is 16.5. The van der Waals surface area contributed by atoms with Crippen molar-refractivity contribution in [1.82, 2.24) is 10.2 Å². The van der Waals surface area contributed by atoms with Gasteiger partial charge in [0.15, 0.2) is 0 Å². The Morgan fingerprint density at radius 2 is 2.05 bits per heavy atom. The van der Waals surface area contributed by atoms with Gasteiger partial charge in [0.05, 0.1) is 0 Å². The van der Waals surface area contributed by atoms with Gasteiger partial charge >= 0.3 is 0 Å². The summed E-state index contributed by atoms with van der Waals surface area (Å²) in [6, 6.07) is 8.02. The molecule has 0 bridgehead atoms. The van der Waals surface area contributed by atoms with Crippen molar-refractivity contribution in [3.05, 3.63) is 46.8 Å². The van der Waals surface area contributed by atoms with Crippen molar-refractivity contribution in [1.29, 1.82) is 0 Å². The van der Waals surface area contributed by atoms with E-state index in [1.807, 2.05) is 38.1 Å². The highest BCUT2D eigenvalue weighted by Gasteiger charge is 2.20. The van der Waals surface area contributed by atoms with Crippen molar-refractivity contribution < 1.29 is 4.74 Å². The molecule has 3 N–H and O–H groups in total. The van der Waals surface area contributed by atoms with Crippen molar-refractivity contribution in [2.24, 2.45) is 5.73 Å². The van der Waals surface area contributed by atoms with Gasteiger partial charge in [0.1, 0.15) is 17.5 Å². The largest absolute Gasteiger partial charge is 0.484 e. The highest BCUT2D eigenvalue weighted by Crippen LogP contribution is 2.28. The summed E-state index contributed by atoms with van der Waals surface area (Å²) in [6.07, 6.45) is 0.788. The molecule has 2 rings (SSSR count). The van der Waals surface area contributed by atoms with E-state index in [4.69, 9.17) is 10.5 Å². The zero-order chi connectivity index (χ0) is 13.8. The summed E-state index contributed by atoms with van der Waals surface area (Å²) < 4.78 is 6.10. The summed E-state index contributed by atoms with van der Waals surface area (Å²) >= 11 is 0. The van der Waals surface area contributed by atoms with E-state index < -0.39 is 0 Å². The number of rotatable bonds is 5. The molecule has 1 unspecified atom stereocenters. The predicted molar refractivity (Wildman–Crippen MR) is 76.1 cm³/mol. The fraction of sp³-hybridized carbons (Fsp3) is 0.400. The molecular weight excluding hydrogens is 238 g/mol. The van der Waals surface area contributed by atoms with Gasteiger partial charge in [0, 0.05) is 17.8 Å². The number of nitrogens with zero attached hydrogens (tertiary/aromatic N) is 1. The quantitative estimate of drug-likeness (QED) is 0.867. The van der Waals surface area contributed by atoms with Gasteiger partial charge < -0.3 is 10.5 Å². The second-order valence-corrected chi connectivity index (χ2v) is 4.70. The van der Waals surface area contributed by atoms with Gasteiger partial charge in [-0.2, -0.15) is 5.10 Å². The normalized spacial score (nSPS) is 12.4. The smallest absolute Gasteiger partial charge is 0.142 e. The molecule has 0 aliphatic carbocycles. The molecule has 1 aromatic heterocycles. The first-order valence-electron chi connectivity index (χ1n) is 6.63. The zero-order valence-electron chi connectivity index (χ0n) is 11.7. The van der Waals surface area contributed by atoms with E-state index in [0.717, 1.165) is 34.7 Å². The third-order valence-corrected chi connectivity index (χ3v) is 3.35. The van der Waals surface area contributed by atoms with Crippen LogP contribution in [0.4, 0.5) is 0 Å². The fourth-order valence-corrected chi connectivity index (χ4v) is 2.17. The maximum atomic E-state index is 6.10. The number of para-hydroxylation sites is 1. The third-order valence-electron chi connectivity index (χ3n) is 3.35. The molecule has 4 heteroatoms. The lowest BCUT2D eigenvalue weighted by molar-refractivity contribution is 0.194. The Bertz CT molecular complexity index is 548. The minimum atomic E-state index is -0.0652. The molecule has 1 heterocycles. The Morgan fingerprint density at radius 3 is 2.68 bits per heavy atom. The van der Waals surface area contributed by atoms with Gasteiger partial charge in [0.25, 0.3) is 0 Å². The van der Waals surface area contributed by atoms with Gasteiger partial charge in [-0.05, 0) is 31.9 Å². The molecule has 0 saturated heterocycles. The van der Waals surface area contributed by atoms with E-state index >= 15 is 0 Å². The van der Waals surface area contributed by atoms with Crippen LogP contribution in [-0.2, 0) is 6.54 Å². The standard InChI is InChI=1S/C15H21N3O/c1-4-13(15-12(9-16)11(3)17-18-15)19-14-8-6-5-7-10(14)2/h5-8,13H,4,9,16H2,1-3H3,(H,17,18). The summed E-state index contributed by atoms with van der Waals surface area (Å²) in [5.74, 6) is 0.901. The lowest BCUT2D eigenvalue weighted by Crippen LogP contribution is -2.12. The van der Waals surface area contributed by atoms with E-state index in [2.05, 4.69) is 17.1 Å². The van der Waals surface area contributed by atoms with Crippen molar-refractivity contribution >= 4 is 0 Å². The molecule has 0 aliphatic heterocycles. The number of aromatic amines is 1. The van der Waals surface area contributed by atoms with Gasteiger partial charge in [-0.3, -0.25) is 5.10 Å². The van der Waals surface area contributed by atoms with E-state index in [1.165, 1.54) is 0 Å². The average molecular weight is 259 g/mol. The Labute approximate surface area is 114 Å². The minimum absolute atomic E-state index is 0.0652. The first-order chi connectivity index (χ1) is 9.17. The molecule has 2 aromatic rings. The summed E-state index contributed by atoms with van der Waals surface area (Å²) in [4.78, 5) is 0. The molecule has 19 heavy (non-hydrogen) atoms. The maximum Gasteiger partial charge on any atom is 0.142 e. The Balaban J connectivity index is 2.28. The van der Waals surface area contributed by atoms with Gasteiger partial charge in [0.2, 0.25) is 0 Å². The first-order valence-corrected chi connectivity index (χ1v) is 6.63. The van der Waals surface area contributed by atoms with E-state index in [0.29, 0.717) is 6.54 Å². The number of hydrogen-bond acceptors (Lipinski definition) is 3. The molecule has 0 amide bonds. The van der Waals surface area contributed by atoms with Crippen LogP contribution in [0.15, 0.2) is 24.3 Å². The highest BCUT2D eigenvalue weighted by molar-refractivity contribution is 5.33. The Hall–Kier alpha value is -1.81. The Kier molecular flexibility index (Phi) is 4.22. The van der Waals surface area contributed by atoms with Crippen molar-refractivity contribution in [2.75, 3.05) is 0 Å². The summed E-state index contributed by atoms with van der Waals surface area (Å²) in [5, 5.41) is 7.35. The SMILES string of the molecule is CCC(Oc1ccccc1C)c1n[nH]c(C)c1CN. The number of nitrogens with two attached hydrogens (primary N) is 1. The fourth-order valence-electron chi connectivity index (χ4n) is 2.17. The molecule has 1 atom stereocenters. The van der Waals surface area contributed by atoms with Crippen molar-refractivity contribution in [3.8, 4) is 5.75 Å². The molecule has 0 aliphatic rings. The van der Waals surface area contributed by atoms with E-state index in [1.54, 1.807) is 0 Å². The molecule has 0 fully saturated rings. The maximum absolute atomic E-state index is 6.10. The van der Waals surface area contributed by atoms with Crippen LogP contribution in [0.25, 0.3) is 0 Å². The van der Waals surface area contributed by atoms with Crippen LogP contribution in [0.1, 0.15) is 42.0 Å². The van der Waals surface area contributed by atoms with Crippen LogP contribution >= 0.6 is 0 Å². The predicted octanol–water partition coefficient (Wildman–Crippen LogP) is 3.02. The number of benzene rings is 1. The minimum Gasteiger partial charge on any atom is -0.484 e. The van der Waals surface area contributed by atoms with Crippen LogP contribution in [0.2, 0.25) is 0 Å². The molecule has 0 radical (unpaired) electrons. The topological polar surface area (TPSA) is 63.9 Å². The summed E-state index contributed by atoms with van der Waals surface area (Å²) in [7, 11) is 0. The molecule has 0 spiro atoms. The van der Waals surface area contributed by atoms with Crippen molar-refractivity contribution in [3.63, 3.8) is 0 Å². The van der Waals surface area contributed by atoms with E-state index in [9.17, 15) is 0 Å². The first kappa shape index (κ1) is 13.6. The molecule has 0 saturated carbocycles. The van der Waals surface area contributed by atoms with Gasteiger partial charge in [-0.1, -0.05) is 25.1 Å². The second kappa shape index (κ2) is 5.89. The molecular formula is C15H21N3O. The molecule has 102 valence electrons. The number of ether oxygens (including phenoxy) is 1. The summed E-state index contributed by atoms with van der Waals surface area (Å²) in [6.45, 7) is 6.60. The van der Waals surface area contributed by atoms with Crippen LogP contribution < -0.4 is 10.5 Å². The van der Waals surface area contributed by atoms with Crippen LogP contribution in [0, 0.1) is 13.8 Å². The Morgan fingerprint density at radius 1 is 1.32 bits per heavy atom. The third kappa shape index (κ3) is 2.79. The number of hydrogen-bond donors (Lipinski definition) is 2.